The fraction of sp³-hybridized carbons (Fsp3) is 0.609. The first kappa shape index (κ1) is 21.6. The second-order valence-electron chi connectivity index (χ2n) is 8.35. The molecule has 0 aromatic carbocycles. The topological polar surface area (TPSA) is 96.2 Å². The molecule has 2 heterocycles. The summed E-state index contributed by atoms with van der Waals surface area (Å²) >= 11 is 0. The highest BCUT2D eigenvalue weighted by Gasteiger charge is 2.58. The van der Waals surface area contributed by atoms with Crippen molar-refractivity contribution >= 4 is 17.8 Å². The van der Waals surface area contributed by atoms with Crippen LogP contribution in [0.4, 0.5) is 0 Å². The van der Waals surface area contributed by atoms with E-state index in [9.17, 15) is 9.59 Å². The van der Waals surface area contributed by atoms with Gasteiger partial charge in [0.15, 0.2) is 5.96 Å². The van der Waals surface area contributed by atoms with Gasteiger partial charge in [-0.05, 0) is 50.2 Å². The number of ether oxygens (including phenoxy) is 1. The molecular weight excluding hydrogens is 396 g/mol. The molecule has 0 spiro atoms. The molecule has 4 unspecified atom stereocenters. The van der Waals surface area contributed by atoms with Gasteiger partial charge >= 0.3 is 0 Å². The number of amides is 2. The summed E-state index contributed by atoms with van der Waals surface area (Å²) in [6.45, 7) is 5.65. The molecule has 2 amide bonds. The van der Waals surface area contributed by atoms with E-state index in [0.29, 0.717) is 32.7 Å². The molecule has 3 aliphatic rings. The SMILES string of the molecule is CCNC(=NCCCN1C(=O)C2C3C=CC(C3)C2C1=O)NCCCOCc1ccco1. The van der Waals surface area contributed by atoms with Crippen LogP contribution in [0.3, 0.4) is 0 Å². The Morgan fingerprint density at radius 1 is 1.19 bits per heavy atom. The molecule has 8 heteroatoms. The summed E-state index contributed by atoms with van der Waals surface area (Å²) in [6.07, 6.45) is 8.38. The van der Waals surface area contributed by atoms with E-state index in [-0.39, 0.29) is 35.5 Å². The summed E-state index contributed by atoms with van der Waals surface area (Å²) in [5.74, 6) is 1.92. The quantitative estimate of drug-likeness (QED) is 0.184. The van der Waals surface area contributed by atoms with Crippen LogP contribution in [0.5, 0.6) is 0 Å². The number of nitrogens with zero attached hydrogens (tertiary/aromatic N) is 2. The van der Waals surface area contributed by atoms with Crippen molar-refractivity contribution in [3.8, 4) is 0 Å². The molecule has 0 radical (unpaired) electrons. The van der Waals surface area contributed by atoms with Crippen LogP contribution in [0.25, 0.3) is 0 Å². The van der Waals surface area contributed by atoms with Crippen LogP contribution in [-0.4, -0.2) is 55.5 Å². The Hall–Kier alpha value is -2.61. The lowest BCUT2D eigenvalue weighted by molar-refractivity contribution is -0.140. The number of furan rings is 1. The van der Waals surface area contributed by atoms with Gasteiger partial charge in [-0.1, -0.05) is 12.2 Å². The maximum atomic E-state index is 12.7. The minimum absolute atomic E-state index is 0.0235. The number of fused-ring (bicyclic) bond motifs is 5. The predicted molar refractivity (Wildman–Crippen MR) is 116 cm³/mol. The molecule has 1 saturated heterocycles. The molecule has 1 aromatic rings. The maximum Gasteiger partial charge on any atom is 0.233 e. The van der Waals surface area contributed by atoms with Crippen molar-refractivity contribution in [3.63, 3.8) is 0 Å². The molecule has 2 aliphatic carbocycles. The average Bonchev–Trinajstić information content (AvgIpc) is 3.55. The number of imide groups is 1. The van der Waals surface area contributed by atoms with Crippen LogP contribution >= 0.6 is 0 Å². The van der Waals surface area contributed by atoms with Crippen molar-refractivity contribution in [1.82, 2.24) is 15.5 Å². The molecule has 4 rings (SSSR count). The lowest BCUT2D eigenvalue weighted by Gasteiger charge is -2.17. The molecule has 4 atom stereocenters. The third-order valence-corrected chi connectivity index (χ3v) is 6.30. The fourth-order valence-corrected chi connectivity index (χ4v) is 4.89. The Kier molecular flexibility index (Phi) is 7.06. The van der Waals surface area contributed by atoms with Crippen molar-refractivity contribution in [2.45, 2.75) is 32.8 Å². The number of hydrogen-bond donors (Lipinski definition) is 2. The van der Waals surface area contributed by atoms with Gasteiger partial charge in [0, 0.05) is 32.8 Å². The van der Waals surface area contributed by atoms with Crippen molar-refractivity contribution in [2.75, 3.05) is 32.8 Å². The van der Waals surface area contributed by atoms with E-state index in [1.807, 2.05) is 19.1 Å². The molecule has 8 nitrogen and oxygen atoms in total. The van der Waals surface area contributed by atoms with Gasteiger partial charge < -0.3 is 19.8 Å². The molecule has 2 fully saturated rings. The summed E-state index contributed by atoms with van der Waals surface area (Å²) < 4.78 is 10.8. The van der Waals surface area contributed by atoms with E-state index in [4.69, 9.17) is 9.15 Å². The van der Waals surface area contributed by atoms with Gasteiger partial charge in [-0.25, -0.2) is 0 Å². The van der Waals surface area contributed by atoms with Gasteiger partial charge in [0.1, 0.15) is 12.4 Å². The normalized spacial score (nSPS) is 26.7. The minimum atomic E-state index is -0.111. The van der Waals surface area contributed by atoms with Crippen LogP contribution in [0.2, 0.25) is 0 Å². The molecule has 1 saturated carbocycles. The van der Waals surface area contributed by atoms with Gasteiger partial charge in [0.25, 0.3) is 0 Å². The Balaban J connectivity index is 1.14. The van der Waals surface area contributed by atoms with E-state index < -0.39 is 0 Å². The number of guanidine groups is 1. The van der Waals surface area contributed by atoms with Crippen molar-refractivity contribution in [1.29, 1.82) is 0 Å². The highest BCUT2D eigenvalue weighted by atomic mass is 16.5. The van der Waals surface area contributed by atoms with E-state index in [1.165, 1.54) is 4.90 Å². The second kappa shape index (κ2) is 10.1. The van der Waals surface area contributed by atoms with E-state index >= 15 is 0 Å². The molecular formula is C23H32N4O4. The molecule has 1 aromatic heterocycles. The van der Waals surface area contributed by atoms with Crippen molar-refractivity contribution in [3.05, 3.63) is 36.3 Å². The highest BCUT2D eigenvalue weighted by Crippen LogP contribution is 2.52. The van der Waals surface area contributed by atoms with Crippen LogP contribution < -0.4 is 10.6 Å². The second-order valence-corrected chi connectivity index (χ2v) is 8.35. The molecule has 2 bridgehead atoms. The number of likely N-dealkylation sites (tertiary alicyclic amines) is 1. The average molecular weight is 429 g/mol. The Morgan fingerprint density at radius 3 is 2.65 bits per heavy atom. The maximum absolute atomic E-state index is 12.7. The van der Waals surface area contributed by atoms with Crippen LogP contribution in [0, 0.1) is 23.7 Å². The van der Waals surface area contributed by atoms with E-state index in [1.54, 1.807) is 6.26 Å². The summed E-state index contributed by atoms with van der Waals surface area (Å²) in [4.78, 5) is 31.5. The lowest BCUT2D eigenvalue weighted by atomic mass is 9.85. The number of rotatable bonds is 11. The standard InChI is InChI=1S/C23H32N4O4/c1-2-24-23(26-10-5-12-30-15-18-6-3-13-31-18)25-9-4-11-27-21(28)19-16-7-8-17(14-16)20(19)22(27)29/h3,6-8,13,16-17,19-20H,2,4-5,9-12,14-15H2,1H3,(H2,24,25,26). The largest absolute Gasteiger partial charge is 0.467 e. The predicted octanol–water partition coefficient (Wildman–Crippen LogP) is 1.94. The lowest BCUT2D eigenvalue weighted by Crippen LogP contribution is -2.38. The fourth-order valence-electron chi connectivity index (χ4n) is 4.89. The Labute approximate surface area is 183 Å². The number of hydrogen-bond acceptors (Lipinski definition) is 5. The van der Waals surface area contributed by atoms with Gasteiger partial charge in [-0.15, -0.1) is 0 Å². The van der Waals surface area contributed by atoms with Crippen LogP contribution in [-0.2, 0) is 20.9 Å². The Bertz CT molecular complexity index is 790. The molecule has 2 N–H and O–H groups in total. The van der Waals surface area contributed by atoms with Crippen LogP contribution in [0.15, 0.2) is 40.0 Å². The third-order valence-electron chi connectivity index (χ3n) is 6.30. The van der Waals surface area contributed by atoms with Gasteiger partial charge in [-0.3, -0.25) is 19.5 Å². The monoisotopic (exact) mass is 428 g/mol. The van der Waals surface area contributed by atoms with Gasteiger partial charge in [0.05, 0.1) is 18.1 Å². The summed E-state index contributed by atoms with van der Waals surface area (Å²) in [7, 11) is 0. The zero-order chi connectivity index (χ0) is 21.6. The van der Waals surface area contributed by atoms with Gasteiger partial charge in [0.2, 0.25) is 11.8 Å². The van der Waals surface area contributed by atoms with Crippen molar-refractivity contribution in [2.24, 2.45) is 28.7 Å². The Morgan fingerprint density at radius 2 is 1.97 bits per heavy atom. The third kappa shape index (κ3) is 4.84. The summed E-state index contributed by atoms with van der Waals surface area (Å²) in [5.41, 5.74) is 0. The molecule has 168 valence electrons. The first-order chi connectivity index (χ1) is 15.2. The number of aliphatic imine (C=N–C) groups is 1. The number of nitrogens with one attached hydrogen (secondary N) is 2. The first-order valence-corrected chi connectivity index (χ1v) is 11.3. The number of allylic oxidation sites excluding steroid dienone is 2. The number of carbonyl (C=O) groups excluding carboxylic acids is 2. The molecule has 31 heavy (non-hydrogen) atoms. The zero-order valence-electron chi connectivity index (χ0n) is 18.1. The van der Waals surface area contributed by atoms with Crippen molar-refractivity contribution < 1.29 is 18.7 Å². The van der Waals surface area contributed by atoms with Crippen LogP contribution in [0.1, 0.15) is 31.9 Å². The zero-order valence-corrected chi connectivity index (χ0v) is 18.1. The summed E-state index contributed by atoms with van der Waals surface area (Å²) in [6, 6.07) is 3.74. The first-order valence-electron chi connectivity index (χ1n) is 11.3. The van der Waals surface area contributed by atoms with E-state index in [0.717, 1.165) is 37.7 Å². The minimum Gasteiger partial charge on any atom is -0.467 e. The van der Waals surface area contributed by atoms with E-state index in [2.05, 4.69) is 27.8 Å². The molecule has 1 aliphatic heterocycles. The van der Waals surface area contributed by atoms with Gasteiger partial charge in [-0.2, -0.15) is 0 Å². The smallest absolute Gasteiger partial charge is 0.233 e. The number of carbonyl (C=O) groups is 2. The highest BCUT2D eigenvalue weighted by molar-refractivity contribution is 6.06. The summed E-state index contributed by atoms with van der Waals surface area (Å²) in [5, 5.41) is 6.51.